The summed E-state index contributed by atoms with van der Waals surface area (Å²) < 4.78 is 0. The molecule has 0 spiro atoms. The third-order valence-electron chi connectivity index (χ3n) is 3.73. The van der Waals surface area contributed by atoms with E-state index in [4.69, 9.17) is 5.73 Å². The number of hydrogen-bond donors (Lipinski definition) is 1. The van der Waals surface area contributed by atoms with Crippen molar-refractivity contribution in [3.05, 3.63) is 0 Å². The molecule has 1 heteroatoms. The second kappa shape index (κ2) is 2.78. The Kier molecular flexibility index (Phi) is 1.92. The summed E-state index contributed by atoms with van der Waals surface area (Å²) in [6.07, 6.45) is 10.2. The molecule has 2 rings (SSSR count). The molecule has 2 aliphatic rings. The minimum absolute atomic E-state index is 0.755. The zero-order valence-electron chi connectivity index (χ0n) is 7.31. The molecule has 2 N–H and O–H groups in total. The minimum Gasteiger partial charge on any atom is -0.330 e. The third-order valence-corrected chi connectivity index (χ3v) is 3.73. The van der Waals surface area contributed by atoms with Crippen LogP contribution in [0.5, 0.6) is 0 Å². The summed E-state index contributed by atoms with van der Waals surface area (Å²) >= 11 is 0. The van der Waals surface area contributed by atoms with Crippen molar-refractivity contribution >= 4 is 0 Å². The van der Waals surface area contributed by atoms with E-state index < -0.39 is 0 Å². The largest absolute Gasteiger partial charge is 0.330 e. The van der Waals surface area contributed by atoms with Gasteiger partial charge < -0.3 is 5.73 Å². The average molecular weight is 153 g/mol. The lowest BCUT2D eigenvalue weighted by atomic mass is 9.94. The van der Waals surface area contributed by atoms with Crippen LogP contribution in [0.25, 0.3) is 0 Å². The van der Waals surface area contributed by atoms with Crippen LogP contribution >= 0.6 is 0 Å². The molecule has 1 nitrogen and oxygen atoms in total. The van der Waals surface area contributed by atoms with Gasteiger partial charge in [-0.05, 0) is 43.6 Å². The molecule has 11 heavy (non-hydrogen) atoms. The molecule has 2 unspecified atom stereocenters. The molecule has 0 aromatic rings. The first-order valence-corrected chi connectivity index (χ1v) is 5.07. The Morgan fingerprint density at radius 1 is 1.27 bits per heavy atom. The Balaban J connectivity index is 1.93. The summed E-state index contributed by atoms with van der Waals surface area (Å²) in [5.41, 5.74) is 6.38. The number of rotatable bonds is 2. The van der Waals surface area contributed by atoms with Crippen LogP contribution in [-0.4, -0.2) is 6.54 Å². The van der Waals surface area contributed by atoms with Crippen LogP contribution in [0.4, 0.5) is 0 Å². The van der Waals surface area contributed by atoms with Crippen molar-refractivity contribution in [2.24, 2.45) is 17.1 Å². The Morgan fingerprint density at radius 3 is 3.00 bits per heavy atom. The van der Waals surface area contributed by atoms with Gasteiger partial charge in [-0.2, -0.15) is 0 Å². The predicted molar refractivity (Wildman–Crippen MR) is 47.3 cm³/mol. The normalized spacial score (nSPS) is 42.8. The molecular weight excluding hydrogens is 134 g/mol. The quantitative estimate of drug-likeness (QED) is 0.647. The van der Waals surface area contributed by atoms with Gasteiger partial charge in [0.1, 0.15) is 0 Å². The highest BCUT2D eigenvalue weighted by Crippen LogP contribution is 2.61. The molecule has 0 aromatic heterocycles. The van der Waals surface area contributed by atoms with Crippen molar-refractivity contribution in [1.29, 1.82) is 0 Å². The van der Waals surface area contributed by atoms with Crippen LogP contribution in [0.2, 0.25) is 0 Å². The van der Waals surface area contributed by atoms with E-state index in [2.05, 4.69) is 0 Å². The van der Waals surface area contributed by atoms with Gasteiger partial charge in [0.25, 0.3) is 0 Å². The van der Waals surface area contributed by atoms with Crippen LogP contribution in [0.3, 0.4) is 0 Å². The van der Waals surface area contributed by atoms with Crippen LogP contribution in [0.15, 0.2) is 0 Å². The van der Waals surface area contributed by atoms with Gasteiger partial charge in [-0.3, -0.25) is 0 Å². The fourth-order valence-electron chi connectivity index (χ4n) is 2.91. The highest BCUT2D eigenvalue weighted by molar-refractivity contribution is 5.02. The lowest BCUT2D eigenvalue weighted by Gasteiger charge is -2.12. The highest BCUT2D eigenvalue weighted by atomic mass is 14.6. The number of fused-ring (bicyclic) bond motifs is 1. The second-order valence-electron chi connectivity index (χ2n) is 4.40. The number of hydrogen-bond acceptors (Lipinski definition) is 1. The van der Waals surface area contributed by atoms with Crippen molar-refractivity contribution < 1.29 is 0 Å². The van der Waals surface area contributed by atoms with Gasteiger partial charge in [-0.15, -0.1) is 0 Å². The smallest absolute Gasteiger partial charge is 0.00719 e. The van der Waals surface area contributed by atoms with Gasteiger partial charge in [0.2, 0.25) is 0 Å². The molecule has 0 aliphatic heterocycles. The van der Waals surface area contributed by atoms with Gasteiger partial charge in [0, 0.05) is 0 Å². The van der Waals surface area contributed by atoms with Gasteiger partial charge in [-0.1, -0.05) is 19.3 Å². The molecule has 0 aromatic carbocycles. The van der Waals surface area contributed by atoms with E-state index in [0.717, 1.165) is 17.9 Å². The highest BCUT2D eigenvalue weighted by Gasteiger charge is 2.52. The zero-order chi connectivity index (χ0) is 7.73. The zero-order valence-corrected chi connectivity index (χ0v) is 7.31. The Morgan fingerprint density at radius 2 is 2.18 bits per heavy atom. The minimum atomic E-state index is 0.755. The maximum absolute atomic E-state index is 5.62. The molecule has 0 saturated heterocycles. The van der Waals surface area contributed by atoms with E-state index >= 15 is 0 Å². The maximum Gasteiger partial charge on any atom is -0.00719 e. The first-order chi connectivity index (χ1) is 5.37. The van der Waals surface area contributed by atoms with Gasteiger partial charge >= 0.3 is 0 Å². The molecule has 0 radical (unpaired) electrons. The summed E-state index contributed by atoms with van der Waals surface area (Å²) in [6.45, 7) is 0.913. The fraction of sp³-hybridized carbons (Fsp3) is 1.00. The topological polar surface area (TPSA) is 26.0 Å². The van der Waals surface area contributed by atoms with Crippen LogP contribution in [0.1, 0.15) is 44.9 Å². The molecule has 0 amide bonds. The second-order valence-corrected chi connectivity index (χ2v) is 4.40. The Hall–Kier alpha value is -0.0400. The average Bonchev–Trinajstić information content (AvgIpc) is 2.62. The predicted octanol–water partition coefficient (Wildman–Crippen LogP) is 2.31. The fourth-order valence-corrected chi connectivity index (χ4v) is 2.91. The molecule has 0 bridgehead atoms. The summed E-state index contributed by atoms with van der Waals surface area (Å²) in [4.78, 5) is 0. The standard InChI is InChI=1S/C10H19N/c11-7-6-10-5-3-1-2-4-9(10)8-10/h9H,1-8,11H2. The van der Waals surface area contributed by atoms with Crippen LogP contribution < -0.4 is 5.73 Å². The summed E-state index contributed by atoms with van der Waals surface area (Å²) in [5, 5.41) is 0. The van der Waals surface area contributed by atoms with Crippen molar-refractivity contribution in [1.82, 2.24) is 0 Å². The Labute approximate surface area is 69.4 Å². The maximum atomic E-state index is 5.62. The first-order valence-electron chi connectivity index (χ1n) is 5.07. The molecule has 0 heterocycles. The molecule has 2 fully saturated rings. The van der Waals surface area contributed by atoms with Crippen LogP contribution in [0, 0.1) is 11.3 Å². The number of nitrogens with two attached hydrogens (primary N) is 1. The van der Waals surface area contributed by atoms with Gasteiger partial charge in [-0.25, -0.2) is 0 Å². The van der Waals surface area contributed by atoms with Crippen LogP contribution in [-0.2, 0) is 0 Å². The lowest BCUT2D eigenvalue weighted by Crippen LogP contribution is -2.10. The van der Waals surface area contributed by atoms with Gasteiger partial charge in [0.15, 0.2) is 0 Å². The lowest BCUT2D eigenvalue weighted by molar-refractivity contribution is 0.396. The van der Waals surface area contributed by atoms with E-state index in [1.165, 1.54) is 44.9 Å². The van der Waals surface area contributed by atoms with Crippen molar-refractivity contribution in [3.63, 3.8) is 0 Å². The molecule has 2 atom stereocenters. The summed E-state index contributed by atoms with van der Waals surface area (Å²) in [6, 6.07) is 0. The van der Waals surface area contributed by atoms with Gasteiger partial charge in [0.05, 0.1) is 0 Å². The monoisotopic (exact) mass is 153 g/mol. The Bertz CT molecular complexity index is 144. The SMILES string of the molecule is NCCC12CCCCCC1C2. The van der Waals surface area contributed by atoms with E-state index in [9.17, 15) is 0 Å². The molecule has 2 saturated carbocycles. The summed E-state index contributed by atoms with van der Waals surface area (Å²) in [5.74, 6) is 1.08. The van der Waals surface area contributed by atoms with E-state index in [1.54, 1.807) is 0 Å². The molecule has 2 aliphatic carbocycles. The van der Waals surface area contributed by atoms with Crippen molar-refractivity contribution in [3.8, 4) is 0 Å². The first kappa shape index (κ1) is 7.60. The van der Waals surface area contributed by atoms with E-state index in [0.29, 0.717) is 0 Å². The molecule has 64 valence electrons. The summed E-state index contributed by atoms with van der Waals surface area (Å²) in [7, 11) is 0. The van der Waals surface area contributed by atoms with Crippen molar-refractivity contribution in [2.75, 3.05) is 6.54 Å². The van der Waals surface area contributed by atoms with Crippen molar-refractivity contribution in [2.45, 2.75) is 44.9 Å². The van der Waals surface area contributed by atoms with E-state index in [-0.39, 0.29) is 0 Å². The third kappa shape index (κ3) is 1.31. The molecular formula is C10H19N. The van der Waals surface area contributed by atoms with E-state index in [1.807, 2.05) is 0 Å².